The molecule has 4 heterocycles. The van der Waals surface area contributed by atoms with Gasteiger partial charge in [-0.15, -0.1) is 0 Å². The molecular formula is C30H37FN4O2. The van der Waals surface area contributed by atoms with Gasteiger partial charge >= 0.3 is 5.97 Å². The fourth-order valence-electron chi connectivity index (χ4n) is 7.09. The minimum atomic E-state index is -0.853. The van der Waals surface area contributed by atoms with Gasteiger partial charge in [0.2, 0.25) is 0 Å². The summed E-state index contributed by atoms with van der Waals surface area (Å²) in [4.78, 5) is 21.9. The Morgan fingerprint density at radius 2 is 1.92 bits per heavy atom. The Morgan fingerprint density at radius 1 is 1.11 bits per heavy atom. The molecule has 0 amide bonds. The SMILES string of the molecule is C[C@](C(=O)O)(C1CCC1)N1C[C@H](CN2CCC(c3cnc4ccccn34)CC2)[C@@H](c2cccc(F)c2)C1. The predicted molar refractivity (Wildman–Crippen MR) is 141 cm³/mol. The van der Waals surface area contributed by atoms with Crippen molar-refractivity contribution in [3.63, 3.8) is 0 Å². The number of hydrogen-bond donors (Lipinski definition) is 1. The molecule has 3 aliphatic rings. The van der Waals surface area contributed by atoms with Crippen LogP contribution in [0.4, 0.5) is 4.39 Å². The fraction of sp³-hybridized carbons (Fsp3) is 0.533. The molecule has 1 aliphatic carbocycles. The van der Waals surface area contributed by atoms with Crippen molar-refractivity contribution < 1.29 is 14.3 Å². The van der Waals surface area contributed by atoms with E-state index in [0.717, 1.165) is 69.5 Å². The highest BCUT2D eigenvalue weighted by Crippen LogP contribution is 2.45. The Balaban J connectivity index is 1.18. The largest absolute Gasteiger partial charge is 0.480 e. The zero-order valence-corrected chi connectivity index (χ0v) is 21.6. The Hall–Kier alpha value is -2.77. The highest BCUT2D eigenvalue weighted by molar-refractivity contribution is 5.79. The van der Waals surface area contributed by atoms with Crippen molar-refractivity contribution in [2.24, 2.45) is 11.8 Å². The molecule has 3 aromatic rings. The van der Waals surface area contributed by atoms with Crippen LogP contribution in [0.3, 0.4) is 0 Å². The van der Waals surface area contributed by atoms with Gasteiger partial charge in [-0.2, -0.15) is 0 Å². The molecule has 6 rings (SSSR count). The van der Waals surface area contributed by atoms with Crippen LogP contribution in [0, 0.1) is 17.7 Å². The van der Waals surface area contributed by atoms with E-state index in [-0.39, 0.29) is 23.6 Å². The van der Waals surface area contributed by atoms with Gasteiger partial charge in [-0.05, 0) is 87.4 Å². The van der Waals surface area contributed by atoms with Gasteiger partial charge in [0.25, 0.3) is 0 Å². The van der Waals surface area contributed by atoms with E-state index in [4.69, 9.17) is 0 Å². The average Bonchev–Trinajstić information content (AvgIpc) is 3.48. The number of pyridine rings is 1. The molecule has 3 fully saturated rings. The molecule has 3 atom stereocenters. The number of likely N-dealkylation sites (tertiary alicyclic amines) is 2. The van der Waals surface area contributed by atoms with Gasteiger partial charge in [-0.25, -0.2) is 9.37 Å². The van der Waals surface area contributed by atoms with E-state index < -0.39 is 11.5 Å². The molecule has 1 saturated carbocycles. The number of hydrogen-bond acceptors (Lipinski definition) is 4. The van der Waals surface area contributed by atoms with Crippen molar-refractivity contribution in [3.05, 3.63) is 71.9 Å². The number of nitrogens with zero attached hydrogens (tertiary/aromatic N) is 4. The third kappa shape index (κ3) is 4.46. The van der Waals surface area contributed by atoms with E-state index in [1.807, 2.05) is 31.3 Å². The van der Waals surface area contributed by atoms with E-state index in [9.17, 15) is 14.3 Å². The molecule has 0 spiro atoms. The highest BCUT2D eigenvalue weighted by Gasteiger charge is 2.52. The summed E-state index contributed by atoms with van der Waals surface area (Å²) in [7, 11) is 0. The van der Waals surface area contributed by atoms with Gasteiger partial charge in [-0.3, -0.25) is 9.69 Å². The van der Waals surface area contributed by atoms with Crippen LogP contribution in [0.1, 0.15) is 62.1 Å². The van der Waals surface area contributed by atoms with Gasteiger partial charge < -0.3 is 14.4 Å². The van der Waals surface area contributed by atoms with Crippen molar-refractivity contribution in [1.82, 2.24) is 19.2 Å². The Morgan fingerprint density at radius 3 is 2.62 bits per heavy atom. The summed E-state index contributed by atoms with van der Waals surface area (Å²) >= 11 is 0. The van der Waals surface area contributed by atoms with Crippen LogP contribution in [0.5, 0.6) is 0 Å². The molecule has 196 valence electrons. The molecule has 7 heteroatoms. The zero-order chi connectivity index (χ0) is 25.6. The average molecular weight is 505 g/mol. The molecule has 2 aliphatic heterocycles. The highest BCUT2D eigenvalue weighted by atomic mass is 19.1. The Labute approximate surface area is 218 Å². The number of fused-ring (bicyclic) bond motifs is 1. The summed E-state index contributed by atoms with van der Waals surface area (Å²) in [6.45, 7) is 6.27. The molecule has 1 N–H and O–H groups in total. The first-order valence-corrected chi connectivity index (χ1v) is 13.8. The topological polar surface area (TPSA) is 61.1 Å². The van der Waals surface area contributed by atoms with Gasteiger partial charge in [0.15, 0.2) is 0 Å². The summed E-state index contributed by atoms with van der Waals surface area (Å²) < 4.78 is 16.4. The number of piperidine rings is 1. The first kappa shape index (κ1) is 24.6. The van der Waals surface area contributed by atoms with Crippen LogP contribution in [0.25, 0.3) is 5.65 Å². The quantitative estimate of drug-likeness (QED) is 0.490. The minimum absolute atomic E-state index is 0.131. The number of carboxylic acids is 1. The number of carboxylic acid groups (broad SMARTS) is 1. The lowest BCUT2D eigenvalue weighted by molar-refractivity contribution is -0.156. The molecule has 0 unspecified atom stereocenters. The van der Waals surface area contributed by atoms with Gasteiger partial charge in [-0.1, -0.05) is 24.6 Å². The van der Waals surface area contributed by atoms with Crippen LogP contribution < -0.4 is 0 Å². The summed E-state index contributed by atoms with van der Waals surface area (Å²) in [5, 5.41) is 10.3. The van der Waals surface area contributed by atoms with E-state index in [2.05, 4.69) is 31.4 Å². The van der Waals surface area contributed by atoms with E-state index in [1.165, 1.54) is 11.8 Å². The van der Waals surface area contributed by atoms with Gasteiger partial charge in [0, 0.05) is 49.6 Å². The maximum absolute atomic E-state index is 14.2. The number of carbonyl (C=O) groups is 1. The number of aromatic nitrogens is 2. The first-order valence-electron chi connectivity index (χ1n) is 13.8. The predicted octanol–water partition coefficient (Wildman–Crippen LogP) is 5.01. The van der Waals surface area contributed by atoms with Crippen molar-refractivity contribution in [1.29, 1.82) is 0 Å². The maximum atomic E-state index is 14.2. The third-order valence-electron chi connectivity index (χ3n) is 9.65. The van der Waals surface area contributed by atoms with E-state index in [0.29, 0.717) is 12.5 Å². The normalized spacial score (nSPS) is 25.8. The Kier molecular flexibility index (Phi) is 6.53. The number of halogens is 1. The standard InChI is InChI=1S/C30H37FN4O2/c1-30(29(36)37,24-7-5-8-24)34-19-23(26(20-34)22-6-4-9-25(31)16-22)18-33-14-11-21(12-15-33)27-17-32-28-10-2-3-13-35(27)28/h2-4,6,9-10,13,16-17,21,23-24,26H,5,7-8,11-12,14-15,18-20H2,1H3,(H,36,37)/t23-,26+,30+/m0/s1. The van der Waals surface area contributed by atoms with Gasteiger partial charge in [0.05, 0.1) is 0 Å². The molecule has 2 aromatic heterocycles. The second-order valence-electron chi connectivity index (χ2n) is 11.6. The molecule has 6 nitrogen and oxygen atoms in total. The van der Waals surface area contributed by atoms with Crippen molar-refractivity contribution in [2.45, 2.75) is 56.4 Å². The van der Waals surface area contributed by atoms with Crippen LogP contribution in [-0.2, 0) is 4.79 Å². The molecule has 2 saturated heterocycles. The van der Waals surface area contributed by atoms with E-state index >= 15 is 0 Å². The summed E-state index contributed by atoms with van der Waals surface area (Å²) in [6.07, 6.45) is 9.35. The minimum Gasteiger partial charge on any atom is -0.480 e. The number of imidazole rings is 1. The van der Waals surface area contributed by atoms with Crippen molar-refractivity contribution >= 4 is 11.6 Å². The maximum Gasteiger partial charge on any atom is 0.324 e. The lowest BCUT2D eigenvalue weighted by atomic mass is 9.70. The number of rotatable bonds is 7. The molecule has 37 heavy (non-hydrogen) atoms. The number of benzene rings is 1. The second-order valence-corrected chi connectivity index (χ2v) is 11.6. The van der Waals surface area contributed by atoms with Crippen molar-refractivity contribution in [2.75, 3.05) is 32.7 Å². The molecule has 1 aromatic carbocycles. The van der Waals surface area contributed by atoms with Crippen molar-refractivity contribution in [3.8, 4) is 0 Å². The zero-order valence-electron chi connectivity index (χ0n) is 21.6. The summed E-state index contributed by atoms with van der Waals surface area (Å²) in [5.74, 6) is 0.145. The lowest BCUT2D eigenvalue weighted by Crippen LogP contribution is -2.58. The molecule has 0 bridgehead atoms. The lowest BCUT2D eigenvalue weighted by Gasteiger charge is -2.45. The van der Waals surface area contributed by atoms with Gasteiger partial charge in [0.1, 0.15) is 17.0 Å². The Bertz CT molecular complexity index is 1270. The summed E-state index contributed by atoms with van der Waals surface area (Å²) in [5.41, 5.74) is 2.43. The van der Waals surface area contributed by atoms with E-state index in [1.54, 1.807) is 12.1 Å². The monoisotopic (exact) mass is 504 g/mol. The first-order chi connectivity index (χ1) is 17.9. The van der Waals surface area contributed by atoms with Crippen LogP contribution in [0.15, 0.2) is 54.9 Å². The molecular weight excluding hydrogens is 467 g/mol. The van der Waals surface area contributed by atoms with Crippen LogP contribution >= 0.6 is 0 Å². The third-order valence-corrected chi connectivity index (χ3v) is 9.65. The number of aliphatic carboxylic acids is 1. The fourth-order valence-corrected chi connectivity index (χ4v) is 7.09. The molecule has 0 radical (unpaired) electrons. The van der Waals surface area contributed by atoms with Crippen LogP contribution in [-0.4, -0.2) is 68.5 Å². The summed E-state index contributed by atoms with van der Waals surface area (Å²) in [6, 6.07) is 13.1. The second kappa shape index (κ2) is 9.84. The van der Waals surface area contributed by atoms with Crippen LogP contribution in [0.2, 0.25) is 0 Å². The smallest absolute Gasteiger partial charge is 0.324 e.